The Labute approximate surface area is 172 Å². The molecule has 4 nitrogen and oxygen atoms in total. The van der Waals surface area contributed by atoms with Gasteiger partial charge < -0.3 is 14.6 Å². The Morgan fingerprint density at radius 2 is 1.70 bits per heavy atom. The molecule has 1 aromatic rings. The normalized spacial score (nSPS) is 28.0. The first kappa shape index (κ1) is 21.3. The molecule has 152 valence electrons. The van der Waals surface area contributed by atoms with Crippen LogP contribution in [0.1, 0.15) is 70.9 Å². The summed E-state index contributed by atoms with van der Waals surface area (Å²) in [5.74, 6) is -0.436. The van der Waals surface area contributed by atoms with Crippen LogP contribution in [0, 0.1) is 5.41 Å². The molecule has 0 amide bonds. The van der Waals surface area contributed by atoms with Gasteiger partial charge in [0.15, 0.2) is 5.79 Å². The molecule has 0 bridgehead atoms. The van der Waals surface area contributed by atoms with Crippen LogP contribution in [0.25, 0.3) is 0 Å². The zero-order chi connectivity index (χ0) is 19.5. The monoisotopic (exact) mass is 439 g/mol. The highest BCUT2D eigenvalue weighted by molar-refractivity contribution is 9.10. The first-order valence-corrected chi connectivity index (χ1v) is 11.1. The molecule has 1 N–H and O–H groups in total. The van der Waals surface area contributed by atoms with E-state index in [1.165, 1.54) is 5.56 Å². The lowest BCUT2D eigenvalue weighted by Gasteiger charge is -2.44. The van der Waals surface area contributed by atoms with Crippen LogP contribution < -0.4 is 0 Å². The van der Waals surface area contributed by atoms with Gasteiger partial charge in [0.25, 0.3) is 0 Å². The Morgan fingerprint density at radius 3 is 2.37 bits per heavy atom. The summed E-state index contributed by atoms with van der Waals surface area (Å²) in [7, 11) is 0. The van der Waals surface area contributed by atoms with Gasteiger partial charge in [0.2, 0.25) is 0 Å². The fraction of sp³-hybridized carbons (Fsp3) is 0.727. The number of halogens is 1. The number of benzene rings is 1. The van der Waals surface area contributed by atoms with Gasteiger partial charge in [-0.1, -0.05) is 41.9 Å². The van der Waals surface area contributed by atoms with E-state index in [0.717, 1.165) is 62.8 Å². The van der Waals surface area contributed by atoms with E-state index in [0.29, 0.717) is 0 Å². The number of aliphatic hydroxyl groups is 1. The summed E-state index contributed by atoms with van der Waals surface area (Å²) >= 11 is 3.50. The zero-order valence-corrected chi connectivity index (χ0v) is 18.5. The van der Waals surface area contributed by atoms with Gasteiger partial charge in [0.1, 0.15) is 6.23 Å². The van der Waals surface area contributed by atoms with Crippen LogP contribution in [0.3, 0.4) is 0 Å². The maximum absolute atomic E-state index is 10.9. The number of hydrogen-bond acceptors (Lipinski definition) is 4. The Bertz CT molecular complexity index is 594. The van der Waals surface area contributed by atoms with Crippen molar-refractivity contribution in [3.8, 4) is 0 Å². The second-order valence-corrected chi connectivity index (χ2v) is 9.86. The summed E-state index contributed by atoms with van der Waals surface area (Å²) in [6, 6.07) is 8.62. The number of aliphatic hydroxyl groups excluding tert-OH is 1. The van der Waals surface area contributed by atoms with E-state index >= 15 is 0 Å². The molecule has 2 saturated heterocycles. The number of nitrogens with zero attached hydrogens (tertiary/aromatic N) is 1. The standard InChI is InChI=1S/C22H34BrNO3/c1-17(18-8-10-19(23)11-9-18)24-14-5-4-12-22(13-6-7-20(24)25)26-15-21(2,3)16-27-22/h8-11,17,20,25H,4-7,12-16H2,1-3H3. The van der Waals surface area contributed by atoms with Crippen molar-refractivity contribution in [3.05, 3.63) is 34.3 Å². The first-order chi connectivity index (χ1) is 12.8. The predicted octanol–water partition coefficient (Wildman–Crippen LogP) is 5.25. The second-order valence-electron chi connectivity index (χ2n) is 8.95. The van der Waals surface area contributed by atoms with E-state index in [1.807, 2.05) is 0 Å². The summed E-state index contributed by atoms with van der Waals surface area (Å²) < 4.78 is 13.5. The molecule has 0 radical (unpaired) electrons. The average molecular weight is 440 g/mol. The molecule has 2 fully saturated rings. The number of hydrogen-bond donors (Lipinski definition) is 1. The minimum absolute atomic E-state index is 0.0942. The van der Waals surface area contributed by atoms with E-state index in [1.54, 1.807) is 0 Å². The Balaban J connectivity index is 1.62. The molecular weight excluding hydrogens is 406 g/mol. The molecule has 0 aliphatic carbocycles. The molecule has 0 saturated carbocycles. The lowest BCUT2D eigenvalue weighted by Crippen LogP contribution is -2.48. The third kappa shape index (κ3) is 5.54. The van der Waals surface area contributed by atoms with Crippen molar-refractivity contribution in [2.45, 2.75) is 77.4 Å². The Hall–Kier alpha value is -0.460. The predicted molar refractivity (Wildman–Crippen MR) is 111 cm³/mol. The zero-order valence-electron chi connectivity index (χ0n) is 16.9. The topological polar surface area (TPSA) is 41.9 Å². The molecule has 2 unspecified atom stereocenters. The van der Waals surface area contributed by atoms with E-state index in [4.69, 9.17) is 9.47 Å². The van der Waals surface area contributed by atoms with Crippen LogP contribution in [0.2, 0.25) is 0 Å². The van der Waals surface area contributed by atoms with Crippen LogP contribution in [-0.2, 0) is 9.47 Å². The maximum Gasteiger partial charge on any atom is 0.168 e. The SMILES string of the molecule is CC(c1ccc(Br)cc1)N1CCCCC2(CCCC1O)OCC(C)(C)CO2. The van der Waals surface area contributed by atoms with Crippen molar-refractivity contribution in [2.75, 3.05) is 19.8 Å². The van der Waals surface area contributed by atoms with Crippen molar-refractivity contribution in [2.24, 2.45) is 5.41 Å². The number of rotatable bonds is 2. The van der Waals surface area contributed by atoms with Crippen molar-refractivity contribution in [1.82, 2.24) is 4.90 Å². The van der Waals surface area contributed by atoms with Crippen LogP contribution >= 0.6 is 15.9 Å². The largest absolute Gasteiger partial charge is 0.378 e. The van der Waals surface area contributed by atoms with E-state index in [-0.39, 0.29) is 11.5 Å². The number of ether oxygens (including phenoxy) is 2. The molecule has 5 heteroatoms. The third-order valence-electron chi connectivity index (χ3n) is 5.93. The quantitative estimate of drug-likeness (QED) is 0.682. The van der Waals surface area contributed by atoms with Gasteiger partial charge in [-0.25, -0.2) is 0 Å². The van der Waals surface area contributed by atoms with Gasteiger partial charge in [0.05, 0.1) is 13.2 Å². The van der Waals surface area contributed by atoms with Crippen molar-refractivity contribution in [3.63, 3.8) is 0 Å². The summed E-state index contributed by atoms with van der Waals surface area (Å²) in [5, 5.41) is 10.9. The molecular formula is C22H34BrNO3. The molecule has 2 aliphatic heterocycles. The van der Waals surface area contributed by atoms with Crippen molar-refractivity contribution >= 4 is 15.9 Å². The third-order valence-corrected chi connectivity index (χ3v) is 6.46. The smallest absolute Gasteiger partial charge is 0.168 e. The van der Waals surface area contributed by atoms with Gasteiger partial charge in [-0.05, 0) is 50.3 Å². The second kappa shape index (κ2) is 8.91. The van der Waals surface area contributed by atoms with Crippen LogP contribution in [0.5, 0.6) is 0 Å². The lowest BCUT2D eigenvalue weighted by molar-refractivity contribution is -0.306. The molecule has 1 aromatic carbocycles. The molecule has 1 spiro atoms. The summed E-state index contributed by atoms with van der Waals surface area (Å²) in [6.07, 6.45) is 5.12. The molecule has 3 rings (SSSR count). The summed E-state index contributed by atoms with van der Waals surface area (Å²) in [4.78, 5) is 2.24. The first-order valence-electron chi connectivity index (χ1n) is 10.3. The van der Waals surface area contributed by atoms with Gasteiger partial charge in [-0.2, -0.15) is 0 Å². The Morgan fingerprint density at radius 1 is 1.07 bits per heavy atom. The van der Waals surface area contributed by atoms with E-state index in [9.17, 15) is 5.11 Å². The van der Waals surface area contributed by atoms with E-state index in [2.05, 4.69) is 65.9 Å². The van der Waals surface area contributed by atoms with Crippen LogP contribution in [0.4, 0.5) is 0 Å². The minimum Gasteiger partial charge on any atom is -0.378 e. The maximum atomic E-state index is 10.9. The molecule has 2 atom stereocenters. The highest BCUT2D eigenvalue weighted by atomic mass is 79.9. The average Bonchev–Trinajstić information content (AvgIpc) is 2.64. The summed E-state index contributed by atoms with van der Waals surface area (Å²) in [5.41, 5.74) is 1.34. The minimum atomic E-state index is -0.436. The van der Waals surface area contributed by atoms with Gasteiger partial charge in [-0.15, -0.1) is 0 Å². The molecule has 2 heterocycles. The van der Waals surface area contributed by atoms with Crippen LogP contribution in [0.15, 0.2) is 28.7 Å². The van der Waals surface area contributed by atoms with E-state index < -0.39 is 12.0 Å². The molecule has 2 aliphatic rings. The summed E-state index contributed by atoms with van der Waals surface area (Å²) in [6.45, 7) is 8.95. The van der Waals surface area contributed by atoms with Crippen LogP contribution in [-0.4, -0.2) is 41.8 Å². The fourth-order valence-corrected chi connectivity index (χ4v) is 4.36. The molecule has 0 aromatic heterocycles. The van der Waals surface area contributed by atoms with Crippen molar-refractivity contribution in [1.29, 1.82) is 0 Å². The Kier molecular flexibility index (Phi) is 7.02. The highest BCUT2D eigenvalue weighted by Crippen LogP contribution is 2.37. The van der Waals surface area contributed by atoms with Gasteiger partial charge in [-0.3, -0.25) is 4.90 Å². The van der Waals surface area contributed by atoms with Gasteiger partial charge in [0, 0.05) is 35.3 Å². The van der Waals surface area contributed by atoms with Crippen molar-refractivity contribution < 1.29 is 14.6 Å². The molecule has 27 heavy (non-hydrogen) atoms. The highest BCUT2D eigenvalue weighted by Gasteiger charge is 2.40. The lowest BCUT2D eigenvalue weighted by atomic mass is 9.92. The van der Waals surface area contributed by atoms with Gasteiger partial charge >= 0.3 is 0 Å². The fourth-order valence-electron chi connectivity index (χ4n) is 4.09.